The highest BCUT2D eigenvalue weighted by molar-refractivity contribution is 8.34. The Bertz CT molecular complexity index is 5060. The molecule has 15 rings (SSSR count). The van der Waals surface area contributed by atoms with Crippen LogP contribution in [0.1, 0.15) is 0 Å². The topological polar surface area (TPSA) is 9.86 Å². The fourth-order valence-electron chi connectivity index (χ4n) is 13.2. The van der Waals surface area contributed by atoms with Gasteiger partial charge in [0.05, 0.1) is 27.8 Å². The molecule has 378 valence electrons. The second-order valence-electron chi connectivity index (χ2n) is 21.7. The molecule has 0 saturated carbocycles. The Labute approximate surface area is 518 Å². The summed E-state index contributed by atoms with van der Waals surface area (Å²) in [5.74, 6) is 0. The molecule has 3 heterocycles. The largest absolute Gasteiger partial charge is 0.309 e. The molecule has 15 aromatic rings. The summed E-state index contributed by atoms with van der Waals surface area (Å²) in [6, 6.07) is 81.3. The number of aromatic nitrogens is 2. The van der Waals surface area contributed by atoms with Gasteiger partial charge in [-0.3, -0.25) is 0 Å². The Hall–Kier alpha value is -8.54. The number of thiophene rings is 1. The molecule has 3 aromatic heterocycles. The molecule has 0 aliphatic heterocycles. The molecule has 0 bridgehead atoms. The highest BCUT2D eigenvalue weighted by Gasteiger charge is 2.36. The molecule has 0 amide bonds. The van der Waals surface area contributed by atoms with Crippen LogP contribution in [0, 0.1) is 0 Å². The average Bonchev–Trinajstić information content (AvgIpc) is 1.25. The van der Waals surface area contributed by atoms with E-state index in [1.54, 1.807) is 0 Å². The number of fused-ring (bicyclic) bond motifs is 9. The van der Waals surface area contributed by atoms with Crippen LogP contribution in [0.25, 0.3) is 109 Å². The number of nitrogens with zero attached hydrogens (tertiary/aromatic N) is 2. The van der Waals surface area contributed by atoms with Crippen molar-refractivity contribution in [2.75, 3.05) is 0 Å². The molecule has 0 saturated heterocycles. The van der Waals surface area contributed by atoms with Gasteiger partial charge >= 0.3 is 0 Å². The summed E-state index contributed by atoms with van der Waals surface area (Å²) in [6.07, 6.45) is 0. The maximum absolute atomic E-state index is 7.36. The lowest BCUT2D eigenvalue weighted by atomic mass is 9.58. The van der Waals surface area contributed by atoms with Crippen molar-refractivity contribution >= 4 is 218 Å². The van der Waals surface area contributed by atoms with Gasteiger partial charge in [-0.15, -0.1) is 54.1 Å². The standard InChI is InChI=1S/C72H38B10N2S2/c73-60-58(61(74)65(78)68(81)64(60)77)52-37-43(86(40-18-4-1-5-19-40,41-20-6-2-7-21-41)42-22-8-3-9-23-42)38-53(59-62(75)66(79)69(82)67(80)63(59)76)71(52)84-55-32-14-11-25-45(55)51-36-39(34-35-56(51)84)83-54-31-13-10-24-44(54)47-27-16-28-48(70(47)83)50-30-17-29-49-46-26-12-15-33-57(46)85-72(49)50/h1-38H. The van der Waals surface area contributed by atoms with E-state index in [2.05, 4.69) is 215 Å². The van der Waals surface area contributed by atoms with Crippen molar-refractivity contribution in [1.29, 1.82) is 0 Å². The minimum absolute atomic E-state index is 0.0742. The summed E-state index contributed by atoms with van der Waals surface area (Å²) in [7, 11) is 68.1. The van der Waals surface area contributed by atoms with E-state index in [9.17, 15) is 0 Å². The summed E-state index contributed by atoms with van der Waals surface area (Å²) in [5, 5.41) is 6.66. The van der Waals surface area contributed by atoms with Crippen LogP contribution in [0.3, 0.4) is 0 Å². The number of para-hydroxylation sites is 3. The van der Waals surface area contributed by atoms with Crippen LogP contribution >= 0.6 is 21.4 Å². The van der Waals surface area contributed by atoms with Gasteiger partial charge in [0, 0.05) is 89.2 Å². The number of hydrogen-bond acceptors (Lipinski definition) is 1. The van der Waals surface area contributed by atoms with Crippen LogP contribution in [-0.2, 0) is 0 Å². The van der Waals surface area contributed by atoms with E-state index in [0.29, 0.717) is 27.9 Å². The Morgan fingerprint density at radius 1 is 0.279 bits per heavy atom. The third kappa shape index (κ3) is 7.95. The van der Waals surface area contributed by atoms with E-state index in [1.165, 1.54) is 25.7 Å². The van der Waals surface area contributed by atoms with Crippen LogP contribution in [0.5, 0.6) is 0 Å². The molecule has 0 N–H and O–H groups in total. The van der Waals surface area contributed by atoms with Gasteiger partial charge in [0.2, 0.25) is 0 Å². The molecule has 0 fully saturated rings. The first-order valence-corrected chi connectivity index (χ1v) is 30.5. The predicted octanol–water partition coefficient (Wildman–Crippen LogP) is 8.53. The zero-order valence-corrected chi connectivity index (χ0v) is 48.1. The van der Waals surface area contributed by atoms with E-state index in [4.69, 9.17) is 78.5 Å². The lowest BCUT2D eigenvalue weighted by Gasteiger charge is -2.43. The smallest absolute Gasteiger partial charge is 0.113 e. The van der Waals surface area contributed by atoms with Crippen LogP contribution in [0.2, 0.25) is 0 Å². The summed E-state index contributed by atoms with van der Waals surface area (Å²) in [6.45, 7) is 0. The molecule has 0 aliphatic carbocycles. The average molecular weight is 1100 g/mol. The summed E-state index contributed by atoms with van der Waals surface area (Å²) >= 11 is 1.83. The SMILES string of the molecule is [B]c1c([B])c([B])c(-c2cc(S(c3ccccc3)(c3ccccc3)c3ccccc3)cc(-c3c([B])c([B])c([B])c([B])c3[B])c2-n2c3ccccc3c3cc(-n4c5ccccc5c5cccc(-c6cccc7c6sc6ccccc67)c54)ccc32)c([B])c1[B]. The molecule has 12 aromatic carbocycles. The van der Waals surface area contributed by atoms with Gasteiger partial charge in [-0.1, -0.05) is 167 Å². The third-order valence-corrected chi connectivity index (χ3v) is 22.3. The normalized spacial score (nSPS) is 12.1. The summed E-state index contributed by atoms with van der Waals surface area (Å²) < 4.78 is 7.11. The van der Waals surface area contributed by atoms with Crippen molar-refractivity contribution in [3.63, 3.8) is 0 Å². The predicted molar refractivity (Wildman–Crippen MR) is 378 cm³/mol. The second-order valence-corrected chi connectivity index (χ2v) is 25.9. The van der Waals surface area contributed by atoms with Crippen LogP contribution in [0.4, 0.5) is 0 Å². The van der Waals surface area contributed by atoms with Crippen molar-refractivity contribution in [2.24, 2.45) is 0 Å². The van der Waals surface area contributed by atoms with Gasteiger partial charge in [-0.25, -0.2) is 0 Å². The fraction of sp³-hybridized carbons (Fsp3) is 0. The molecular weight excluding hydrogens is 1070 g/mol. The Morgan fingerprint density at radius 3 is 1.22 bits per heavy atom. The van der Waals surface area contributed by atoms with Crippen molar-refractivity contribution in [3.05, 3.63) is 231 Å². The number of rotatable bonds is 9. The van der Waals surface area contributed by atoms with Gasteiger partial charge in [-0.2, -0.15) is 0 Å². The summed E-state index contributed by atoms with van der Waals surface area (Å²) in [5.41, 5.74) is 10.5. The molecule has 14 heteroatoms. The molecular formula is C72H38B10N2S2. The van der Waals surface area contributed by atoms with E-state index in [1.807, 2.05) is 35.6 Å². The summed E-state index contributed by atoms with van der Waals surface area (Å²) in [4.78, 5) is 3.96. The zero-order valence-electron chi connectivity index (χ0n) is 46.4. The molecule has 0 spiro atoms. The van der Waals surface area contributed by atoms with Crippen LogP contribution < -0.4 is 54.6 Å². The van der Waals surface area contributed by atoms with E-state index < -0.39 is 10.0 Å². The first-order valence-electron chi connectivity index (χ1n) is 28.0. The van der Waals surface area contributed by atoms with Crippen molar-refractivity contribution < 1.29 is 0 Å². The van der Waals surface area contributed by atoms with Crippen LogP contribution in [0.15, 0.2) is 250 Å². The molecule has 0 aliphatic rings. The number of benzene rings is 12. The monoisotopic (exact) mass is 1100 g/mol. The zero-order chi connectivity index (χ0) is 58.9. The minimum Gasteiger partial charge on any atom is -0.309 e. The van der Waals surface area contributed by atoms with Crippen LogP contribution in [-0.4, -0.2) is 87.6 Å². The van der Waals surface area contributed by atoms with Gasteiger partial charge in [-0.05, 0) is 96.1 Å². The second kappa shape index (κ2) is 20.9. The minimum atomic E-state index is -2.51. The van der Waals surface area contributed by atoms with Crippen molar-refractivity contribution in [3.8, 4) is 44.8 Å². The molecule has 0 unspecified atom stereocenters. The third-order valence-electron chi connectivity index (χ3n) is 17.2. The highest BCUT2D eigenvalue weighted by Crippen LogP contribution is 2.74. The van der Waals surface area contributed by atoms with E-state index >= 15 is 0 Å². The Morgan fingerprint density at radius 2 is 0.686 bits per heavy atom. The fourth-order valence-corrected chi connectivity index (χ4v) is 18.3. The number of hydrogen-bond donors (Lipinski definition) is 0. The first-order chi connectivity index (χ1) is 41.9. The first kappa shape index (κ1) is 54.1. The lowest BCUT2D eigenvalue weighted by Crippen LogP contribution is -2.55. The quantitative estimate of drug-likeness (QED) is 0.129. The molecule has 20 radical (unpaired) electrons. The van der Waals surface area contributed by atoms with Gasteiger partial charge in [0.1, 0.15) is 78.5 Å². The van der Waals surface area contributed by atoms with Crippen molar-refractivity contribution in [1.82, 2.24) is 9.13 Å². The lowest BCUT2D eigenvalue weighted by molar-refractivity contribution is 1.16. The van der Waals surface area contributed by atoms with Crippen molar-refractivity contribution in [2.45, 2.75) is 19.6 Å². The molecule has 86 heavy (non-hydrogen) atoms. The Kier molecular flexibility index (Phi) is 13.1. The molecule has 0 atom stereocenters. The van der Waals surface area contributed by atoms with E-state index in [0.717, 1.165) is 74.4 Å². The highest BCUT2D eigenvalue weighted by atomic mass is 32.3. The van der Waals surface area contributed by atoms with Gasteiger partial charge < -0.3 is 9.13 Å². The Balaban J connectivity index is 1.11. The molecule has 2 nitrogen and oxygen atoms in total. The van der Waals surface area contributed by atoms with E-state index in [-0.39, 0.29) is 54.6 Å². The maximum atomic E-state index is 7.36. The maximum Gasteiger partial charge on any atom is 0.113 e. The van der Waals surface area contributed by atoms with Gasteiger partial charge in [0.15, 0.2) is 0 Å². The van der Waals surface area contributed by atoms with Gasteiger partial charge in [0.25, 0.3) is 0 Å².